The van der Waals surface area contributed by atoms with E-state index in [4.69, 9.17) is 5.73 Å². The van der Waals surface area contributed by atoms with Crippen LogP contribution in [0.1, 0.15) is 38.2 Å². The number of hydrogen-bond acceptors (Lipinski definition) is 1. The van der Waals surface area contributed by atoms with Gasteiger partial charge in [0, 0.05) is 5.69 Å². The van der Waals surface area contributed by atoms with Crippen molar-refractivity contribution in [1.29, 1.82) is 0 Å². The Balaban J connectivity index is 2.16. The van der Waals surface area contributed by atoms with Gasteiger partial charge in [0.2, 0.25) is 0 Å². The van der Waals surface area contributed by atoms with Crippen molar-refractivity contribution in [3.63, 3.8) is 0 Å². The van der Waals surface area contributed by atoms with E-state index in [9.17, 15) is 0 Å². The summed E-state index contributed by atoms with van der Waals surface area (Å²) in [5.74, 6) is 0. The Morgan fingerprint density at radius 2 is 1.88 bits per heavy atom. The normalized spacial score (nSPS) is 10.9. The number of nitrogens with two attached hydrogens (primary N) is 1. The molecule has 90 valence electrons. The van der Waals surface area contributed by atoms with E-state index in [1.165, 1.54) is 48.4 Å². The second kappa shape index (κ2) is 5.72. The highest BCUT2D eigenvalue weighted by Gasteiger charge is 2.01. The summed E-state index contributed by atoms with van der Waals surface area (Å²) in [6.07, 6.45) is 6.45. The highest BCUT2D eigenvalue weighted by Crippen LogP contribution is 2.22. The van der Waals surface area contributed by atoms with Gasteiger partial charge in [-0.15, -0.1) is 0 Å². The minimum atomic E-state index is 0.848. The first kappa shape index (κ1) is 12.0. The zero-order chi connectivity index (χ0) is 12.1. The summed E-state index contributed by atoms with van der Waals surface area (Å²) < 4.78 is 0. The zero-order valence-electron chi connectivity index (χ0n) is 10.6. The highest BCUT2D eigenvalue weighted by atomic mass is 14.5. The number of aryl methyl sites for hydroxylation is 1. The first-order valence-electron chi connectivity index (χ1n) is 6.58. The summed E-state index contributed by atoms with van der Waals surface area (Å²) in [5, 5.41) is 2.62. The molecule has 0 saturated carbocycles. The molecule has 0 unspecified atom stereocenters. The third-order valence-corrected chi connectivity index (χ3v) is 3.29. The molecule has 17 heavy (non-hydrogen) atoms. The fourth-order valence-corrected chi connectivity index (χ4v) is 2.33. The van der Waals surface area contributed by atoms with Crippen LogP contribution in [0.4, 0.5) is 5.69 Å². The zero-order valence-corrected chi connectivity index (χ0v) is 10.6. The van der Waals surface area contributed by atoms with Gasteiger partial charge in [0.05, 0.1) is 0 Å². The molecule has 0 aliphatic heterocycles. The van der Waals surface area contributed by atoms with Gasteiger partial charge in [-0.05, 0) is 41.3 Å². The lowest BCUT2D eigenvalue weighted by atomic mass is 9.99. The highest BCUT2D eigenvalue weighted by molar-refractivity contribution is 5.88. The summed E-state index contributed by atoms with van der Waals surface area (Å²) in [6, 6.07) is 12.7. The second-order valence-electron chi connectivity index (χ2n) is 4.71. The van der Waals surface area contributed by atoms with Crippen LogP contribution in [0.2, 0.25) is 0 Å². The summed E-state index contributed by atoms with van der Waals surface area (Å²) in [4.78, 5) is 0. The molecule has 0 bridgehead atoms. The Bertz CT molecular complexity index is 488. The van der Waals surface area contributed by atoms with Gasteiger partial charge in [-0.3, -0.25) is 0 Å². The number of rotatable bonds is 5. The van der Waals surface area contributed by atoms with Crippen molar-refractivity contribution in [2.75, 3.05) is 5.73 Å². The van der Waals surface area contributed by atoms with Crippen LogP contribution < -0.4 is 5.73 Å². The van der Waals surface area contributed by atoms with Crippen LogP contribution in [0.3, 0.4) is 0 Å². The monoisotopic (exact) mass is 227 g/mol. The number of hydrogen-bond donors (Lipinski definition) is 1. The Labute approximate surface area is 104 Å². The van der Waals surface area contributed by atoms with Crippen molar-refractivity contribution in [1.82, 2.24) is 0 Å². The number of fused-ring (bicyclic) bond motifs is 1. The van der Waals surface area contributed by atoms with Crippen LogP contribution >= 0.6 is 0 Å². The van der Waals surface area contributed by atoms with E-state index in [2.05, 4.69) is 37.3 Å². The Morgan fingerprint density at radius 1 is 1.00 bits per heavy atom. The van der Waals surface area contributed by atoms with Gasteiger partial charge in [-0.2, -0.15) is 0 Å². The summed E-state index contributed by atoms with van der Waals surface area (Å²) in [6.45, 7) is 2.25. The fraction of sp³-hybridized carbons (Fsp3) is 0.375. The van der Waals surface area contributed by atoms with Crippen LogP contribution in [0, 0.1) is 0 Å². The van der Waals surface area contributed by atoms with Crippen molar-refractivity contribution in [2.45, 2.75) is 39.0 Å². The molecular weight excluding hydrogens is 206 g/mol. The molecule has 0 radical (unpaired) electrons. The molecule has 0 amide bonds. The SMILES string of the molecule is CCCCCCc1cccc2cc(N)ccc12. The van der Waals surface area contributed by atoms with Gasteiger partial charge in [0.25, 0.3) is 0 Å². The lowest BCUT2D eigenvalue weighted by molar-refractivity contribution is 0.668. The smallest absolute Gasteiger partial charge is 0.0320 e. The molecule has 2 aromatic carbocycles. The van der Waals surface area contributed by atoms with Gasteiger partial charge in [0.1, 0.15) is 0 Å². The molecule has 2 aromatic rings. The fourth-order valence-electron chi connectivity index (χ4n) is 2.33. The summed E-state index contributed by atoms with van der Waals surface area (Å²) in [7, 11) is 0. The molecule has 0 atom stereocenters. The first-order valence-corrected chi connectivity index (χ1v) is 6.58. The maximum atomic E-state index is 5.81. The summed E-state index contributed by atoms with van der Waals surface area (Å²) >= 11 is 0. The Morgan fingerprint density at radius 3 is 2.71 bits per heavy atom. The summed E-state index contributed by atoms with van der Waals surface area (Å²) in [5.41, 5.74) is 8.12. The van der Waals surface area contributed by atoms with E-state index >= 15 is 0 Å². The predicted molar refractivity (Wildman–Crippen MR) is 76.2 cm³/mol. The molecule has 2 N–H and O–H groups in total. The minimum Gasteiger partial charge on any atom is -0.399 e. The molecule has 0 heterocycles. The van der Waals surface area contributed by atoms with Gasteiger partial charge < -0.3 is 5.73 Å². The molecule has 0 aromatic heterocycles. The molecule has 0 spiro atoms. The van der Waals surface area contributed by atoms with Gasteiger partial charge in [-0.1, -0.05) is 50.5 Å². The van der Waals surface area contributed by atoms with E-state index in [-0.39, 0.29) is 0 Å². The number of nitrogen functional groups attached to an aromatic ring is 1. The lowest BCUT2D eigenvalue weighted by Crippen LogP contribution is -1.90. The van der Waals surface area contributed by atoms with Crippen LogP contribution in [0.25, 0.3) is 10.8 Å². The topological polar surface area (TPSA) is 26.0 Å². The molecule has 1 heteroatoms. The van der Waals surface area contributed by atoms with Crippen molar-refractivity contribution in [3.8, 4) is 0 Å². The molecule has 0 aliphatic carbocycles. The quantitative estimate of drug-likeness (QED) is 0.588. The second-order valence-corrected chi connectivity index (χ2v) is 4.71. The van der Waals surface area contributed by atoms with Crippen molar-refractivity contribution >= 4 is 16.5 Å². The van der Waals surface area contributed by atoms with Crippen molar-refractivity contribution in [3.05, 3.63) is 42.0 Å². The Hall–Kier alpha value is -1.50. The molecule has 1 nitrogen and oxygen atoms in total. The first-order chi connectivity index (χ1) is 8.31. The number of unbranched alkanes of at least 4 members (excludes halogenated alkanes) is 3. The average molecular weight is 227 g/mol. The van der Waals surface area contributed by atoms with Crippen LogP contribution in [-0.2, 0) is 6.42 Å². The maximum absolute atomic E-state index is 5.81. The van der Waals surface area contributed by atoms with E-state index in [1.54, 1.807) is 0 Å². The van der Waals surface area contributed by atoms with E-state index in [0.29, 0.717) is 0 Å². The molecule has 2 rings (SSSR count). The third-order valence-electron chi connectivity index (χ3n) is 3.29. The van der Waals surface area contributed by atoms with E-state index in [1.807, 2.05) is 6.07 Å². The molecule has 0 fully saturated rings. The van der Waals surface area contributed by atoms with E-state index < -0.39 is 0 Å². The van der Waals surface area contributed by atoms with Gasteiger partial charge in [-0.25, -0.2) is 0 Å². The molecule has 0 saturated heterocycles. The minimum absolute atomic E-state index is 0.848. The van der Waals surface area contributed by atoms with Crippen molar-refractivity contribution < 1.29 is 0 Å². The maximum Gasteiger partial charge on any atom is 0.0320 e. The largest absolute Gasteiger partial charge is 0.399 e. The van der Waals surface area contributed by atoms with Crippen LogP contribution in [0.15, 0.2) is 36.4 Å². The predicted octanol–water partition coefficient (Wildman–Crippen LogP) is 4.54. The van der Waals surface area contributed by atoms with Gasteiger partial charge in [0.15, 0.2) is 0 Å². The standard InChI is InChI=1S/C16H21N/c1-2-3-4-5-7-13-8-6-9-14-12-15(17)10-11-16(13)14/h6,8-12H,2-5,7,17H2,1H3. The third kappa shape index (κ3) is 3.00. The number of anilines is 1. The van der Waals surface area contributed by atoms with Crippen LogP contribution in [0.5, 0.6) is 0 Å². The van der Waals surface area contributed by atoms with Crippen LogP contribution in [-0.4, -0.2) is 0 Å². The van der Waals surface area contributed by atoms with E-state index in [0.717, 1.165) is 5.69 Å². The van der Waals surface area contributed by atoms with Crippen molar-refractivity contribution in [2.24, 2.45) is 0 Å². The lowest BCUT2D eigenvalue weighted by Gasteiger charge is -2.07. The number of benzene rings is 2. The average Bonchev–Trinajstić information content (AvgIpc) is 2.34. The molecule has 0 aliphatic rings. The van der Waals surface area contributed by atoms with Gasteiger partial charge >= 0.3 is 0 Å². The Kier molecular flexibility index (Phi) is 4.03. The molecular formula is C16H21N.